The van der Waals surface area contributed by atoms with Gasteiger partial charge in [-0.25, -0.2) is 9.97 Å². The molecule has 1 aromatic heterocycles. The molecule has 6 heteroatoms. The molecule has 0 atom stereocenters. The first-order valence-corrected chi connectivity index (χ1v) is 7.75. The molecule has 0 aliphatic carbocycles. The molecule has 1 N–H and O–H groups in total. The van der Waals surface area contributed by atoms with Crippen LogP contribution < -0.4 is 15.0 Å². The summed E-state index contributed by atoms with van der Waals surface area (Å²) in [5, 5.41) is 2.88. The highest BCUT2D eigenvalue weighted by Crippen LogP contribution is 2.15. The van der Waals surface area contributed by atoms with Gasteiger partial charge in [0.25, 0.3) is 5.91 Å². The van der Waals surface area contributed by atoms with Crippen LogP contribution in [-0.2, 0) is 6.54 Å². The summed E-state index contributed by atoms with van der Waals surface area (Å²) >= 11 is 0. The smallest absolute Gasteiger partial charge is 0.270 e. The van der Waals surface area contributed by atoms with Gasteiger partial charge in [-0.15, -0.1) is 0 Å². The summed E-state index contributed by atoms with van der Waals surface area (Å²) in [6.07, 6.45) is 3.94. The van der Waals surface area contributed by atoms with Crippen molar-refractivity contribution in [2.75, 3.05) is 25.1 Å². The Morgan fingerprint density at radius 1 is 1.22 bits per heavy atom. The van der Waals surface area contributed by atoms with Gasteiger partial charge < -0.3 is 15.0 Å². The Bertz CT molecular complexity index is 667. The van der Waals surface area contributed by atoms with Crippen molar-refractivity contribution in [1.29, 1.82) is 0 Å². The molecule has 1 fully saturated rings. The Morgan fingerprint density at radius 2 is 1.96 bits per heavy atom. The molecule has 1 aliphatic heterocycles. The van der Waals surface area contributed by atoms with E-state index in [1.165, 1.54) is 0 Å². The number of benzene rings is 1. The first-order valence-electron chi connectivity index (χ1n) is 7.75. The quantitative estimate of drug-likeness (QED) is 0.915. The number of nitrogens with one attached hydrogen (secondary N) is 1. The Labute approximate surface area is 135 Å². The number of rotatable bonds is 5. The van der Waals surface area contributed by atoms with Gasteiger partial charge >= 0.3 is 0 Å². The van der Waals surface area contributed by atoms with Gasteiger partial charge in [0, 0.05) is 25.8 Å². The number of nitrogens with zero attached hydrogens (tertiary/aromatic N) is 3. The van der Waals surface area contributed by atoms with E-state index in [-0.39, 0.29) is 5.91 Å². The molecule has 0 saturated carbocycles. The third-order valence-electron chi connectivity index (χ3n) is 3.88. The summed E-state index contributed by atoms with van der Waals surface area (Å²) in [7, 11) is 1.63. The number of carbonyl (C=O) groups is 1. The fourth-order valence-electron chi connectivity index (χ4n) is 2.56. The zero-order valence-electron chi connectivity index (χ0n) is 13.2. The number of hydrogen-bond acceptors (Lipinski definition) is 5. The summed E-state index contributed by atoms with van der Waals surface area (Å²) in [6, 6.07) is 9.24. The van der Waals surface area contributed by atoms with E-state index in [4.69, 9.17) is 4.74 Å². The molecule has 1 aliphatic rings. The normalized spacial score (nSPS) is 13.9. The zero-order valence-corrected chi connectivity index (χ0v) is 13.2. The van der Waals surface area contributed by atoms with Gasteiger partial charge in [-0.3, -0.25) is 4.79 Å². The predicted molar refractivity (Wildman–Crippen MR) is 87.6 cm³/mol. The van der Waals surface area contributed by atoms with Gasteiger partial charge in [-0.1, -0.05) is 12.1 Å². The fourth-order valence-corrected chi connectivity index (χ4v) is 2.56. The standard InChI is InChI=1S/C17H20N4O2/c1-23-14-6-4-13(5-7-14)12-19-16(22)15-8-9-18-17(20-15)21-10-2-3-11-21/h4-9H,2-3,10-12H2,1H3,(H,19,22). The van der Waals surface area contributed by atoms with Crippen LogP contribution in [0.25, 0.3) is 0 Å². The molecular weight excluding hydrogens is 292 g/mol. The van der Waals surface area contributed by atoms with Gasteiger partial charge in [0.05, 0.1) is 7.11 Å². The second-order valence-electron chi connectivity index (χ2n) is 5.47. The molecule has 0 radical (unpaired) electrons. The number of carbonyl (C=O) groups excluding carboxylic acids is 1. The van der Waals surface area contributed by atoms with Crippen LogP contribution in [0.4, 0.5) is 5.95 Å². The molecule has 3 rings (SSSR count). The van der Waals surface area contributed by atoms with E-state index in [1.54, 1.807) is 19.4 Å². The molecule has 23 heavy (non-hydrogen) atoms. The first-order chi connectivity index (χ1) is 11.3. The molecule has 0 spiro atoms. The highest BCUT2D eigenvalue weighted by molar-refractivity contribution is 5.92. The molecule has 1 saturated heterocycles. The Morgan fingerprint density at radius 3 is 2.65 bits per heavy atom. The van der Waals surface area contributed by atoms with Gasteiger partial charge in [0.1, 0.15) is 11.4 Å². The van der Waals surface area contributed by atoms with E-state index in [1.807, 2.05) is 24.3 Å². The molecule has 1 amide bonds. The Hall–Kier alpha value is -2.63. The SMILES string of the molecule is COc1ccc(CNC(=O)c2ccnc(N3CCCC3)n2)cc1. The van der Waals surface area contributed by atoms with E-state index in [0.29, 0.717) is 18.2 Å². The van der Waals surface area contributed by atoms with Crippen molar-refractivity contribution in [1.82, 2.24) is 15.3 Å². The average Bonchev–Trinajstić information content (AvgIpc) is 3.15. The summed E-state index contributed by atoms with van der Waals surface area (Å²) in [5.74, 6) is 1.24. The second-order valence-corrected chi connectivity index (χ2v) is 5.47. The average molecular weight is 312 g/mol. The third kappa shape index (κ3) is 3.77. The maximum absolute atomic E-state index is 12.3. The molecule has 2 heterocycles. The highest BCUT2D eigenvalue weighted by Gasteiger charge is 2.16. The number of hydrogen-bond donors (Lipinski definition) is 1. The van der Waals surface area contributed by atoms with Crippen molar-refractivity contribution >= 4 is 11.9 Å². The number of methoxy groups -OCH3 is 1. The Balaban J connectivity index is 1.62. The monoisotopic (exact) mass is 312 g/mol. The van der Waals surface area contributed by atoms with Crippen molar-refractivity contribution in [3.05, 3.63) is 47.8 Å². The van der Waals surface area contributed by atoms with Crippen molar-refractivity contribution in [3.63, 3.8) is 0 Å². The first kappa shape index (κ1) is 15.3. The number of anilines is 1. The van der Waals surface area contributed by atoms with Gasteiger partial charge in [-0.05, 0) is 36.6 Å². The van der Waals surface area contributed by atoms with Gasteiger partial charge in [0.2, 0.25) is 5.95 Å². The lowest BCUT2D eigenvalue weighted by molar-refractivity contribution is 0.0946. The van der Waals surface area contributed by atoms with E-state index in [9.17, 15) is 4.79 Å². The third-order valence-corrected chi connectivity index (χ3v) is 3.88. The number of amides is 1. The van der Waals surface area contributed by atoms with Crippen LogP contribution in [0.2, 0.25) is 0 Å². The molecule has 120 valence electrons. The van der Waals surface area contributed by atoms with E-state index >= 15 is 0 Å². The van der Waals surface area contributed by atoms with Crippen molar-refractivity contribution < 1.29 is 9.53 Å². The minimum Gasteiger partial charge on any atom is -0.497 e. The van der Waals surface area contributed by atoms with Crippen LogP contribution in [0.15, 0.2) is 36.5 Å². The van der Waals surface area contributed by atoms with Crippen molar-refractivity contribution in [3.8, 4) is 5.75 Å². The fraction of sp³-hybridized carbons (Fsp3) is 0.353. The summed E-state index contributed by atoms with van der Waals surface area (Å²) in [5.41, 5.74) is 1.41. The molecule has 0 bridgehead atoms. The van der Waals surface area contributed by atoms with Crippen LogP contribution in [0.1, 0.15) is 28.9 Å². The molecule has 0 unspecified atom stereocenters. The van der Waals surface area contributed by atoms with Crippen LogP contribution in [-0.4, -0.2) is 36.1 Å². The van der Waals surface area contributed by atoms with Crippen molar-refractivity contribution in [2.45, 2.75) is 19.4 Å². The number of ether oxygens (including phenoxy) is 1. The topological polar surface area (TPSA) is 67.3 Å². The lowest BCUT2D eigenvalue weighted by atomic mass is 10.2. The largest absolute Gasteiger partial charge is 0.497 e. The lowest BCUT2D eigenvalue weighted by Crippen LogP contribution is -2.26. The molecule has 1 aromatic carbocycles. The van der Waals surface area contributed by atoms with Gasteiger partial charge in [-0.2, -0.15) is 0 Å². The minimum atomic E-state index is -0.191. The lowest BCUT2D eigenvalue weighted by Gasteiger charge is -2.15. The van der Waals surface area contributed by atoms with Crippen LogP contribution in [0.3, 0.4) is 0 Å². The molecular formula is C17H20N4O2. The summed E-state index contributed by atoms with van der Waals surface area (Å²) in [6.45, 7) is 2.36. The van der Waals surface area contributed by atoms with Crippen LogP contribution in [0.5, 0.6) is 5.75 Å². The van der Waals surface area contributed by atoms with Crippen LogP contribution in [0, 0.1) is 0 Å². The van der Waals surface area contributed by atoms with E-state index < -0.39 is 0 Å². The van der Waals surface area contributed by atoms with E-state index in [2.05, 4.69) is 20.2 Å². The minimum absolute atomic E-state index is 0.191. The molecule has 2 aromatic rings. The van der Waals surface area contributed by atoms with Crippen molar-refractivity contribution in [2.24, 2.45) is 0 Å². The summed E-state index contributed by atoms with van der Waals surface area (Å²) < 4.78 is 5.12. The van der Waals surface area contributed by atoms with E-state index in [0.717, 1.165) is 37.2 Å². The predicted octanol–water partition coefficient (Wildman–Crippen LogP) is 2.02. The Kier molecular flexibility index (Phi) is 4.71. The van der Waals surface area contributed by atoms with Crippen LogP contribution >= 0.6 is 0 Å². The molecule has 6 nitrogen and oxygen atoms in total. The zero-order chi connectivity index (χ0) is 16.1. The summed E-state index contributed by atoms with van der Waals surface area (Å²) in [4.78, 5) is 23.0. The maximum atomic E-state index is 12.3. The second kappa shape index (κ2) is 7.09. The van der Waals surface area contributed by atoms with Gasteiger partial charge in [0.15, 0.2) is 0 Å². The highest BCUT2D eigenvalue weighted by atomic mass is 16.5. The number of aromatic nitrogens is 2. The maximum Gasteiger partial charge on any atom is 0.270 e.